The zero-order chi connectivity index (χ0) is 22.3. The zero-order valence-corrected chi connectivity index (χ0v) is 16.4. The molecular weight excluding hydrogens is 408 g/mol. The predicted octanol–water partition coefficient (Wildman–Crippen LogP) is 1.51. The lowest BCUT2D eigenvalue weighted by Crippen LogP contribution is -2.39. The van der Waals surface area contributed by atoms with Crippen molar-refractivity contribution in [1.29, 1.82) is 0 Å². The second kappa shape index (κ2) is 7.52. The molecule has 0 aromatic heterocycles. The van der Waals surface area contributed by atoms with Crippen molar-refractivity contribution in [3.63, 3.8) is 0 Å². The number of rotatable bonds is 5. The fraction of sp³-hybridized carbons (Fsp3) is 0.200. The Labute approximate surface area is 175 Å². The molecule has 1 fully saturated rings. The minimum Gasteiger partial charge on any atom is -0.497 e. The van der Waals surface area contributed by atoms with Gasteiger partial charge in [-0.05, 0) is 36.4 Å². The average Bonchev–Trinajstić information content (AvgIpc) is 3.30. The largest absolute Gasteiger partial charge is 0.497 e. The van der Waals surface area contributed by atoms with E-state index in [1.54, 1.807) is 24.3 Å². The van der Waals surface area contributed by atoms with Crippen molar-refractivity contribution in [3.05, 3.63) is 58.6 Å². The number of nitro benzene ring substituents is 1. The fourth-order valence-corrected chi connectivity index (χ4v) is 3.61. The summed E-state index contributed by atoms with van der Waals surface area (Å²) < 4.78 is 9.89. The van der Waals surface area contributed by atoms with Crippen molar-refractivity contribution in [2.45, 2.75) is 6.04 Å². The first-order chi connectivity index (χ1) is 14.9. The van der Waals surface area contributed by atoms with E-state index in [2.05, 4.69) is 5.10 Å². The normalized spacial score (nSPS) is 19.9. The number of amides is 2. The van der Waals surface area contributed by atoms with Gasteiger partial charge in [-0.3, -0.25) is 24.7 Å². The van der Waals surface area contributed by atoms with Crippen LogP contribution < -0.4 is 14.6 Å². The van der Waals surface area contributed by atoms with Gasteiger partial charge in [0, 0.05) is 12.1 Å². The van der Waals surface area contributed by atoms with Gasteiger partial charge in [-0.25, -0.2) is 9.69 Å². The number of methoxy groups -OCH3 is 2. The van der Waals surface area contributed by atoms with E-state index in [-0.39, 0.29) is 17.1 Å². The Morgan fingerprint density at radius 1 is 1.00 bits per heavy atom. The van der Waals surface area contributed by atoms with Crippen LogP contribution in [0.3, 0.4) is 0 Å². The molecular formula is C20H16N4O7. The molecule has 11 nitrogen and oxygen atoms in total. The molecule has 2 aromatic rings. The van der Waals surface area contributed by atoms with E-state index in [4.69, 9.17) is 9.47 Å². The number of benzene rings is 2. The highest BCUT2D eigenvalue weighted by atomic mass is 16.6. The second-order valence-electron chi connectivity index (χ2n) is 6.73. The number of anilines is 2. The molecule has 31 heavy (non-hydrogen) atoms. The molecule has 0 N–H and O–H groups in total. The predicted molar refractivity (Wildman–Crippen MR) is 108 cm³/mol. The van der Waals surface area contributed by atoms with Crippen LogP contribution in [0.25, 0.3) is 0 Å². The number of nitrogens with zero attached hydrogens (tertiary/aromatic N) is 4. The van der Waals surface area contributed by atoms with Gasteiger partial charge in [-0.2, -0.15) is 5.10 Å². The molecule has 0 aliphatic carbocycles. The number of esters is 1. The smallest absolute Gasteiger partial charge is 0.355 e. The molecule has 4 rings (SSSR count). The van der Waals surface area contributed by atoms with Crippen LogP contribution in [0.5, 0.6) is 5.75 Å². The van der Waals surface area contributed by atoms with Gasteiger partial charge in [0.05, 0.1) is 30.5 Å². The minimum absolute atomic E-state index is 0.161. The summed E-state index contributed by atoms with van der Waals surface area (Å²) in [5.74, 6) is -2.68. The van der Waals surface area contributed by atoms with E-state index in [1.807, 2.05) is 0 Å². The van der Waals surface area contributed by atoms with Gasteiger partial charge in [0.15, 0.2) is 5.71 Å². The summed E-state index contributed by atoms with van der Waals surface area (Å²) in [7, 11) is 2.67. The second-order valence-corrected chi connectivity index (χ2v) is 6.73. The Bertz CT molecular complexity index is 1110. The first kappa shape index (κ1) is 20.0. The molecule has 2 aromatic carbocycles. The summed E-state index contributed by atoms with van der Waals surface area (Å²) in [5.41, 5.74) is 0.265. The first-order valence-electron chi connectivity index (χ1n) is 9.09. The third-order valence-electron chi connectivity index (χ3n) is 5.10. The molecule has 2 amide bonds. The standard InChI is InChI=1S/C20H16N4O7/c1-30-14-9-7-12(8-10-14)23-17-15(16(21-23)20(27)31-2)18(25)22(19(17)26)11-3-5-13(6-4-11)24(28)29/h3-10,15,17H,1-2H3/t15-,17+/m0/s1. The molecule has 2 aliphatic heterocycles. The highest BCUT2D eigenvalue weighted by Gasteiger charge is 2.59. The Morgan fingerprint density at radius 3 is 2.16 bits per heavy atom. The third-order valence-corrected chi connectivity index (χ3v) is 5.10. The van der Waals surface area contributed by atoms with E-state index in [0.717, 1.165) is 12.0 Å². The van der Waals surface area contributed by atoms with Crippen molar-refractivity contribution in [3.8, 4) is 5.75 Å². The van der Waals surface area contributed by atoms with E-state index in [9.17, 15) is 24.5 Å². The van der Waals surface area contributed by atoms with Crippen molar-refractivity contribution in [2.24, 2.45) is 11.0 Å². The van der Waals surface area contributed by atoms with Crippen LogP contribution in [-0.4, -0.2) is 48.7 Å². The van der Waals surface area contributed by atoms with Crippen molar-refractivity contribution >= 4 is 40.6 Å². The minimum atomic E-state index is -1.17. The summed E-state index contributed by atoms with van der Waals surface area (Å²) >= 11 is 0. The molecule has 0 bridgehead atoms. The molecule has 11 heteroatoms. The van der Waals surface area contributed by atoms with Gasteiger partial charge >= 0.3 is 5.97 Å². The number of imide groups is 1. The van der Waals surface area contributed by atoms with Crippen LogP contribution in [0.4, 0.5) is 17.1 Å². The zero-order valence-electron chi connectivity index (χ0n) is 16.4. The number of carbonyl (C=O) groups is 3. The maximum absolute atomic E-state index is 13.3. The van der Waals surface area contributed by atoms with Gasteiger partial charge in [0.25, 0.3) is 11.6 Å². The molecule has 2 heterocycles. The van der Waals surface area contributed by atoms with Crippen LogP contribution in [0.2, 0.25) is 0 Å². The number of non-ortho nitro benzene ring substituents is 1. The summed E-state index contributed by atoms with van der Waals surface area (Å²) in [6.45, 7) is 0. The van der Waals surface area contributed by atoms with Crippen LogP contribution in [0.1, 0.15) is 0 Å². The average molecular weight is 424 g/mol. The Kier molecular flexibility index (Phi) is 4.85. The Morgan fingerprint density at radius 2 is 1.61 bits per heavy atom. The number of nitro groups is 1. The fourth-order valence-electron chi connectivity index (χ4n) is 3.61. The van der Waals surface area contributed by atoms with Gasteiger partial charge in [-0.1, -0.05) is 0 Å². The van der Waals surface area contributed by atoms with Crippen molar-refractivity contribution in [1.82, 2.24) is 0 Å². The molecule has 158 valence electrons. The lowest BCUT2D eigenvalue weighted by molar-refractivity contribution is -0.384. The van der Waals surface area contributed by atoms with Crippen LogP contribution in [-0.2, 0) is 19.1 Å². The number of hydrogen-bond acceptors (Lipinski definition) is 9. The monoisotopic (exact) mass is 424 g/mol. The maximum atomic E-state index is 13.3. The van der Waals surface area contributed by atoms with Crippen LogP contribution in [0.15, 0.2) is 53.6 Å². The lowest BCUT2D eigenvalue weighted by atomic mass is 9.98. The topological polar surface area (TPSA) is 132 Å². The lowest BCUT2D eigenvalue weighted by Gasteiger charge is -2.22. The number of hydrogen-bond donors (Lipinski definition) is 0. The van der Waals surface area contributed by atoms with E-state index in [1.165, 1.54) is 36.4 Å². The molecule has 0 unspecified atom stereocenters. The maximum Gasteiger partial charge on any atom is 0.355 e. The third kappa shape index (κ3) is 3.16. The molecule has 2 aliphatic rings. The van der Waals surface area contributed by atoms with E-state index < -0.39 is 34.7 Å². The van der Waals surface area contributed by atoms with Crippen LogP contribution in [0, 0.1) is 16.0 Å². The Hall–Kier alpha value is -4.28. The summed E-state index contributed by atoms with van der Waals surface area (Å²) in [5, 5.41) is 16.4. The quantitative estimate of drug-likeness (QED) is 0.305. The summed E-state index contributed by atoms with van der Waals surface area (Å²) in [6.07, 6.45) is 0. The Balaban J connectivity index is 1.75. The molecule has 2 atom stereocenters. The van der Waals surface area contributed by atoms with Gasteiger partial charge in [0.2, 0.25) is 5.91 Å². The highest BCUT2D eigenvalue weighted by molar-refractivity contribution is 6.47. The number of ether oxygens (including phenoxy) is 2. The molecule has 0 radical (unpaired) electrons. The highest BCUT2D eigenvalue weighted by Crippen LogP contribution is 2.38. The van der Waals surface area contributed by atoms with Crippen molar-refractivity contribution in [2.75, 3.05) is 24.1 Å². The number of fused-ring (bicyclic) bond motifs is 1. The van der Waals surface area contributed by atoms with Crippen LogP contribution >= 0.6 is 0 Å². The first-order valence-corrected chi connectivity index (χ1v) is 9.09. The van der Waals surface area contributed by atoms with Gasteiger partial charge in [-0.15, -0.1) is 0 Å². The number of carbonyl (C=O) groups excluding carboxylic acids is 3. The van der Waals surface area contributed by atoms with E-state index in [0.29, 0.717) is 11.4 Å². The SMILES string of the molecule is COC(=O)C1=NN(c2ccc(OC)cc2)[C@H]2C(=O)N(c3ccc([N+](=O)[O-])cc3)C(=O)[C@@H]12. The van der Waals surface area contributed by atoms with Crippen molar-refractivity contribution < 1.29 is 28.8 Å². The molecule has 1 saturated heterocycles. The molecule has 0 spiro atoms. The number of hydrazone groups is 1. The van der Waals surface area contributed by atoms with E-state index >= 15 is 0 Å². The summed E-state index contributed by atoms with van der Waals surface area (Å²) in [4.78, 5) is 49.9. The van der Waals surface area contributed by atoms with Gasteiger partial charge in [0.1, 0.15) is 17.7 Å². The molecule has 0 saturated carbocycles. The van der Waals surface area contributed by atoms with Gasteiger partial charge < -0.3 is 9.47 Å². The summed E-state index contributed by atoms with van der Waals surface area (Å²) in [6, 6.07) is 10.5.